The number of aromatic nitrogens is 2. The van der Waals surface area contributed by atoms with Gasteiger partial charge >= 0.3 is 0 Å². The van der Waals surface area contributed by atoms with Crippen LogP contribution in [-0.2, 0) is 13.0 Å². The molecule has 9 heteroatoms. The molecule has 1 saturated heterocycles. The Balaban J connectivity index is 0.00000243. The minimum atomic E-state index is 0. The minimum absolute atomic E-state index is 0. The number of nitrogens with one attached hydrogen (secondary N) is 2. The molecular formula is C17H24ClIN6S. The first-order valence-corrected chi connectivity index (χ1v) is 9.65. The number of aryl methyl sites for hydroxylation is 1. The SMILES string of the molecule is CCc1cnc(CNC(=NC)NC2CCN(c3ncccc3Cl)C2)s1.I. The van der Waals surface area contributed by atoms with Crippen LogP contribution in [0.4, 0.5) is 5.82 Å². The van der Waals surface area contributed by atoms with E-state index in [4.69, 9.17) is 11.6 Å². The second kappa shape index (κ2) is 10.3. The highest BCUT2D eigenvalue weighted by molar-refractivity contribution is 14.0. The summed E-state index contributed by atoms with van der Waals surface area (Å²) in [6.45, 7) is 4.62. The van der Waals surface area contributed by atoms with E-state index in [-0.39, 0.29) is 24.0 Å². The zero-order valence-corrected chi connectivity index (χ0v) is 18.8. The van der Waals surface area contributed by atoms with Crippen LogP contribution in [0.1, 0.15) is 23.2 Å². The number of halogens is 2. The van der Waals surface area contributed by atoms with Crippen LogP contribution in [0, 0.1) is 0 Å². The van der Waals surface area contributed by atoms with Gasteiger partial charge in [0.2, 0.25) is 0 Å². The zero-order valence-electron chi connectivity index (χ0n) is 14.9. The van der Waals surface area contributed by atoms with E-state index < -0.39 is 0 Å². The largest absolute Gasteiger partial charge is 0.353 e. The summed E-state index contributed by atoms with van der Waals surface area (Å²) in [5.41, 5.74) is 0. The number of thiazole rings is 1. The molecule has 2 aromatic rings. The van der Waals surface area contributed by atoms with Crippen molar-refractivity contribution in [2.24, 2.45) is 4.99 Å². The van der Waals surface area contributed by atoms with Crippen LogP contribution in [0.2, 0.25) is 5.02 Å². The van der Waals surface area contributed by atoms with E-state index in [0.29, 0.717) is 17.6 Å². The van der Waals surface area contributed by atoms with Crippen molar-refractivity contribution in [3.05, 3.63) is 39.4 Å². The fourth-order valence-electron chi connectivity index (χ4n) is 2.82. The van der Waals surface area contributed by atoms with Crippen LogP contribution in [0.25, 0.3) is 0 Å². The molecule has 142 valence electrons. The Morgan fingerprint density at radius 3 is 3.00 bits per heavy atom. The molecule has 0 aliphatic carbocycles. The van der Waals surface area contributed by atoms with Crippen LogP contribution in [0.5, 0.6) is 0 Å². The molecule has 2 N–H and O–H groups in total. The van der Waals surface area contributed by atoms with E-state index in [1.165, 1.54) is 4.88 Å². The number of guanidine groups is 1. The maximum absolute atomic E-state index is 6.25. The topological polar surface area (TPSA) is 65.4 Å². The molecule has 3 heterocycles. The number of hydrogen-bond acceptors (Lipinski definition) is 5. The molecule has 26 heavy (non-hydrogen) atoms. The Morgan fingerprint density at radius 1 is 1.46 bits per heavy atom. The predicted octanol–water partition coefficient (Wildman–Crippen LogP) is 3.32. The Bertz CT molecular complexity index is 738. The van der Waals surface area contributed by atoms with Crippen LogP contribution in [-0.4, -0.2) is 42.1 Å². The molecule has 3 rings (SSSR count). The normalized spacial score (nSPS) is 17.1. The summed E-state index contributed by atoms with van der Waals surface area (Å²) in [7, 11) is 1.79. The highest BCUT2D eigenvalue weighted by Gasteiger charge is 2.25. The van der Waals surface area contributed by atoms with Crippen molar-refractivity contribution in [1.29, 1.82) is 0 Å². The third kappa shape index (κ3) is 5.43. The first-order chi connectivity index (χ1) is 12.2. The monoisotopic (exact) mass is 506 g/mol. The molecule has 0 spiro atoms. The minimum Gasteiger partial charge on any atom is -0.353 e. The average Bonchev–Trinajstić information content (AvgIpc) is 3.28. The number of rotatable bonds is 5. The molecule has 0 radical (unpaired) electrons. The number of aliphatic imine (C=N–C) groups is 1. The summed E-state index contributed by atoms with van der Waals surface area (Å²) in [6, 6.07) is 4.04. The number of hydrogen-bond donors (Lipinski definition) is 2. The van der Waals surface area contributed by atoms with E-state index in [2.05, 4.69) is 37.4 Å². The van der Waals surface area contributed by atoms with Crippen LogP contribution in [0.3, 0.4) is 0 Å². The highest BCUT2D eigenvalue weighted by atomic mass is 127. The lowest BCUT2D eigenvalue weighted by Crippen LogP contribution is -2.44. The van der Waals surface area contributed by atoms with Crippen molar-refractivity contribution in [3.63, 3.8) is 0 Å². The maximum Gasteiger partial charge on any atom is 0.191 e. The molecule has 1 unspecified atom stereocenters. The Hall–Kier alpha value is -1.13. The number of anilines is 1. The van der Waals surface area contributed by atoms with Gasteiger partial charge in [-0.25, -0.2) is 9.97 Å². The van der Waals surface area contributed by atoms with E-state index in [9.17, 15) is 0 Å². The van der Waals surface area contributed by atoms with Crippen molar-refractivity contribution >= 4 is 58.7 Å². The van der Waals surface area contributed by atoms with Gasteiger partial charge in [0, 0.05) is 43.4 Å². The molecule has 2 aromatic heterocycles. The molecule has 1 aliphatic rings. The van der Waals surface area contributed by atoms with E-state index >= 15 is 0 Å². The molecular weight excluding hydrogens is 483 g/mol. The Kier molecular flexibility index (Phi) is 8.36. The quantitative estimate of drug-likeness (QED) is 0.370. The summed E-state index contributed by atoms with van der Waals surface area (Å²) in [4.78, 5) is 16.7. The second-order valence-corrected chi connectivity index (χ2v) is 7.49. The van der Waals surface area contributed by atoms with Crippen molar-refractivity contribution in [2.45, 2.75) is 32.4 Å². The van der Waals surface area contributed by atoms with Gasteiger partial charge in [-0.1, -0.05) is 18.5 Å². The molecule has 0 saturated carbocycles. The Labute approximate surface area is 180 Å². The third-order valence-corrected chi connectivity index (χ3v) is 5.58. The van der Waals surface area contributed by atoms with Gasteiger partial charge in [0.1, 0.15) is 10.8 Å². The highest BCUT2D eigenvalue weighted by Crippen LogP contribution is 2.25. The molecule has 1 aliphatic heterocycles. The van der Waals surface area contributed by atoms with E-state index in [1.807, 2.05) is 18.3 Å². The molecule has 1 fully saturated rings. The van der Waals surface area contributed by atoms with Crippen LogP contribution in [0.15, 0.2) is 29.5 Å². The smallest absolute Gasteiger partial charge is 0.191 e. The standard InChI is InChI=1S/C17H23ClN6S.HI/c1-3-13-9-21-15(25-13)10-22-17(19-2)23-12-6-8-24(11-12)16-14(18)5-4-7-20-16;/h4-5,7,9,12H,3,6,8,10-11H2,1-2H3,(H2,19,22,23);1H. The zero-order chi connectivity index (χ0) is 17.6. The molecule has 0 amide bonds. The lowest BCUT2D eigenvalue weighted by molar-refractivity contribution is 0.648. The summed E-state index contributed by atoms with van der Waals surface area (Å²) in [5, 5.41) is 8.59. The van der Waals surface area contributed by atoms with Crippen molar-refractivity contribution in [1.82, 2.24) is 20.6 Å². The number of pyridine rings is 1. The average molecular weight is 507 g/mol. The van der Waals surface area contributed by atoms with E-state index in [1.54, 1.807) is 24.6 Å². The lowest BCUT2D eigenvalue weighted by atomic mass is 10.3. The fourth-order valence-corrected chi connectivity index (χ4v) is 3.86. The van der Waals surface area contributed by atoms with E-state index in [0.717, 1.165) is 42.7 Å². The first-order valence-electron chi connectivity index (χ1n) is 8.45. The second-order valence-electron chi connectivity index (χ2n) is 5.88. The predicted molar refractivity (Wildman–Crippen MR) is 120 cm³/mol. The summed E-state index contributed by atoms with van der Waals surface area (Å²) >= 11 is 7.99. The fraction of sp³-hybridized carbons (Fsp3) is 0.471. The van der Waals surface area contributed by atoms with Crippen LogP contribution < -0.4 is 15.5 Å². The molecule has 0 aromatic carbocycles. The third-order valence-electron chi connectivity index (χ3n) is 4.15. The van der Waals surface area contributed by atoms with Gasteiger partial charge in [-0.2, -0.15) is 0 Å². The van der Waals surface area contributed by atoms with Gasteiger partial charge in [-0.05, 0) is 25.0 Å². The summed E-state index contributed by atoms with van der Waals surface area (Å²) < 4.78 is 0. The van der Waals surface area contributed by atoms with Gasteiger partial charge in [0.15, 0.2) is 5.96 Å². The van der Waals surface area contributed by atoms with Gasteiger partial charge in [0.25, 0.3) is 0 Å². The summed E-state index contributed by atoms with van der Waals surface area (Å²) in [6.07, 6.45) is 5.77. The molecule has 6 nitrogen and oxygen atoms in total. The van der Waals surface area contributed by atoms with Crippen molar-refractivity contribution < 1.29 is 0 Å². The number of nitrogens with zero attached hydrogens (tertiary/aromatic N) is 4. The first kappa shape index (κ1) is 21.2. The lowest BCUT2D eigenvalue weighted by Gasteiger charge is -2.20. The van der Waals surface area contributed by atoms with Crippen molar-refractivity contribution in [3.8, 4) is 0 Å². The van der Waals surface area contributed by atoms with Crippen LogP contribution >= 0.6 is 46.9 Å². The van der Waals surface area contributed by atoms with Gasteiger partial charge in [-0.3, -0.25) is 4.99 Å². The van der Waals surface area contributed by atoms with Gasteiger partial charge < -0.3 is 15.5 Å². The molecule has 1 atom stereocenters. The maximum atomic E-state index is 6.25. The van der Waals surface area contributed by atoms with Gasteiger partial charge in [-0.15, -0.1) is 35.3 Å². The van der Waals surface area contributed by atoms with Crippen molar-refractivity contribution in [2.75, 3.05) is 25.0 Å². The Morgan fingerprint density at radius 2 is 2.31 bits per heavy atom. The summed E-state index contributed by atoms with van der Waals surface area (Å²) in [5.74, 6) is 1.65. The molecule has 0 bridgehead atoms. The van der Waals surface area contributed by atoms with Gasteiger partial charge in [0.05, 0.1) is 11.6 Å².